The van der Waals surface area contributed by atoms with Crippen LogP contribution in [0.15, 0.2) is 34.9 Å². The van der Waals surface area contributed by atoms with E-state index in [1.54, 1.807) is 19.3 Å². The number of aryl methyl sites for hydroxylation is 3. The molecular formula is C20H20N4O2. The average Bonchev–Trinajstić information content (AvgIpc) is 3.18. The molecule has 132 valence electrons. The van der Waals surface area contributed by atoms with Gasteiger partial charge in [0.05, 0.1) is 24.6 Å². The van der Waals surface area contributed by atoms with Crippen molar-refractivity contribution in [3.63, 3.8) is 0 Å². The fourth-order valence-electron chi connectivity index (χ4n) is 3.16. The van der Waals surface area contributed by atoms with Gasteiger partial charge >= 0.3 is 0 Å². The molecule has 0 unspecified atom stereocenters. The Morgan fingerprint density at radius 1 is 1.27 bits per heavy atom. The van der Waals surface area contributed by atoms with E-state index in [2.05, 4.69) is 16.0 Å². The van der Waals surface area contributed by atoms with Crippen LogP contribution in [0.3, 0.4) is 0 Å². The van der Waals surface area contributed by atoms with Crippen LogP contribution in [0.25, 0.3) is 0 Å². The van der Waals surface area contributed by atoms with E-state index >= 15 is 0 Å². The largest absolute Gasteiger partial charge is 0.467 e. The van der Waals surface area contributed by atoms with Gasteiger partial charge in [-0.15, -0.1) is 0 Å². The van der Waals surface area contributed by atoms with Crippen LogP contribution in [-0.2, 0) is 6.54 Å². The molecule has 3 aromatic heterocycles. The van der Waals surface area contributed by atoms with Gasteiger partial charge in [0.1, 0.15) is 11.6 Å². The number of nitriles is 1. The SMILES string of the molecule is Cc1cc([C@@H](C#N)C(=O)c2cc(C)n(Cc3ccco3)c2C)nc(C)n1. The van der Waals surface area contributed by atoms with Crippen LogP contribution >= 0.6 is 0 Å². The monoisotopic (exact) mass is 348 g/mol. The van der Waals surface area contributed by atoms with Crippen LogP contribution in [0.5, 0.6) is 0 Å². The van der Waals surface area contributed by atoms with Crippen molar-refractivity contribution in [2.75, 3.05) is 0 Å². The third kappa shape index (κ3) is 3.29. The third-order valence-corrected chi connectivity index (χ3v) is 4.41. The molecule has 0 aromatic carbocycles. The van der Waals surface area contributed by atoms with Gasteiger partial charge in [0.2, 0.25) is 0 Å². The van der Waals surface area contributed by atoms with Crippen LogP contribution in [-0.4, -0.2) is 20.3 Å². The minimum atomic E-state index is -0.951. The molecule has 0 radical (unpaired) electrons. The maximum absolute atomic E-state index is 13.1. The number of Topliss-reactive ketones (excluding diaryl/α,β-unsaturated/α-hetero) is 1. The van der Waals surface area contributed by atoms with Crippen molar-refractivity contribution in [3.05, 3.63) is 70.5 Å². The zero-order chi connectivity index (χ0) is 18.8. The number of carbonyl (C=O) groups is 1. The van der Waals surface area contributed by atoms with Crippen molar-refractivity contribution in [2.45, 2.75) is 40.2 Å². The van der Waals surface area contributed by atoms with Gasteiger partial charge in [-0.1, -0.05) is 0 Å². The molecule has 0 saturated heterocycles. The number of carbonyl (C=O) groups excluding carboxylic acids is 1. The van der Waals surface area contributed by atoms with Crippen LogP contribution in [0, 0.1) is 39.0 Å². The lowest BCUT2D eigenvalue weighted by atomic mass is 9.95. The van der Waals surface area contributed by atoms with E-state index in [-0.39, 0.29) is 5.78 Å². The quantitative estimate of drug-likeness (QED) is 0.657. The Bertz CT molecular complexity index is 973. The highest BCUT2D eigenvalue weighted by Gasteiger charge is 2.27. The predicted octanol–water partition coefficient (Wildman–Crippen LogP) is 3.64. The molecule has 0 aliphatic heterocycles. The molecule has 6 nitrogen and oxygen atoms in total. The summed E-state index contributed by atoms with van der Waals surface area (Å²) in [7, 11) is 0. The second-order valence-electron chi connectivity index (χ2n) is 6.36. The molecule has 1 atom stereocenters. The second kappa shape index (κ2) is 6.96. The summed E-state index contributed by atoms with van der Waals surface area (Å²) in [6, 6.07) is 9.35. The minimum absolute atomic E-state index is 0.246. The first-order valence-electron chi connectivity index (χ1n) is 8.36. The molecule has 3 rings (SSSR count). The first-order valence-corrected chi connectivity index (χ1v) is 8.36. The molecule has 0 aliphatic carbocycles. The van der Waals surface area contributed by atoms with E-state index in [0.717, 1.165) is 22.8 Å². The van der Waals surface area contributed by atoms with Crippen molar-refractivity contribution < 1.29 is 9.21 Å². The van der Waals surface area contributed by atoms with Gasteiger partial charge < -0.3 is 8.98 Å². The molecule has 6 heteroatoms. The molecule has 0 saturated carbocycles. The molecular weight excluding hydrogens is 328 g/mol. The summed E-state index contributed by atoms with van der Waals surface area (Å²) in [6.45, 7) is 7.94. The van der Waals surface area contributed by atoms with Crippen molar-refractivity contribution in [1.82, 2.24) is 14.5 Å². The lowest BCUT2D eigenvalue weighted by Crippen LogP contribution is -2.15. The molecule has 26 heavy (non-hydrogen) atoms. The normalized spacial score (nSPS) is 12.0. The van der Waals surface area contributed by atoms with Crippen LogP contribution in [0.1, 0.15) is 50.6 Å². The number of hydrogen-bond donors (Lipinski definition) is 0. The number of rotatable bonds is 5. The highest BCUT2D eigenvalue weighted by molar-refractivity contribution is 6.03. The van der Waals surface area contributed by atoms with Gasteiger partial charge in [-0.2, -0.15) is 5.26 Å². The lowest BCUT2D eigenvalue weighted by molar-refractivity contribution is 0.0977. The van der Waals surface area contributed by atoms with Crippen molar-refractivity contribution in [2.24, 2.45) is 0 Å². The number of aromatic nitrogens is 3. The van der Waals surface area contributed by atoms with E-state index in [9.17, 15) is 10.1 Å². The van der Waals surface area contributed by atoms with Crippen LogP contribution < -0.4 is 0 Å². The van der Waals surface area contributed by atoms with Crippen molar-refractivity contribution in [1.29, 1.82) is 5.26 Å². The van der Waals surface area contributed by atoms with E-state index in [0.29, 0.717) is 23.6 Å². The highest BCUT2D eigenvalue weighted by atomic mass is 16.3. The summed E-state index contributed by atoms with van der Waals surface area (Å²) in [5.74, 6) is 0.165. The summed E-state index contributed by atoms with van der Waals surface area (Å²) in [5.41, 5.74) is 3.47. The Morgan fingerprint density at radius 2 is 2.04 bits per heavy atom. The first kappa shape index (κ1) is 17.6. The van der Waals surface area contributed by atoms with Gasteiger partial charge in [-0.05, 0) is 52.0 Å². The number of furan rings is 1. The number of ketones is 1. The predicted molar refractivity (Wildman–Crippen MR) is 95.9 cm³/mol. The highest BCUT2D eigenvalue weighted by Crippen LogP contribution is 2.25. The summed E-state index contributed by atoms with van der Waals surface area (Å²) in [4.78, 5) is 21.6. The number of hydrogen-bond acceptors (Lipinski definition) is 5. The molecule has 0 aliphatic rings. The van der Waals surface area contributed by atoms with Gasteiger partial charge in [0.15, 0.2) is 11.7 Å². The van der Waals surface area contributed by atoms with E-state index in [1.807, 2.05) is 43.5 Å². The smallest absolute Gasteiger partial charge is 0.187 e. The molecule has 0 spiro atoms. The van der Waals surface area contributed by atoms with Gasteiger partial charge in [0.25, 0.3) is 0 Å². The van der Waals surface area contributed by atoms with Crippen LogP contribution in [0.2, 0.25) is 0 Å². The summed E-state index contributed by atoms with van der Waals surface area (Å²) < 4.78 is 7.42. The average molecular weight is 348 g/mol. The maximum atomic E-state index is 13.1. The fourth-order valence-corrected chi connectivity index (χ4v) is 3.16. The lowest BCUT2D eigenvalue weighted by Gasteiger charge is -2.11. The topological polar surface area (TPSA) is 84.7 Å². The Morgan fingerprint density at radius 3 is 2.65 bits per heavy atom. The van der Waals surface area contributed by atoms with Crippen molar-refractivity contribution >= 4 is 5.78 Å². The van der Waals surface area contributed by atoms with Gasteiger partial charge in [-0.25, -0.2) is 9.97 Å². The standard InChI is InChI=1S/C20H20N4O2/c1-12-8-19(23-15(4)22-12)18(10-21)20(25)17-9-13(2)24(14(17)3)11-16-6-5-7-26-16/h5-9,18H,11H2,1-4H3/t18-/m1/s1. The molecule has 3 heterocycles. The van der Waals surface area contributed by atoms with Crippen molar-refractivity contribution in [3.8, 4) is 6.07 Å². The zero-order valence-electron chi connectivity index (χ0n) is 15.3. The van der Waals surface area contributed by atoms with E-state index in [1.165, 1.54) is 0 Å². The first-order chi connectivity index (χ1) is 12.4. The van der Waals surface area contributed by atoms with Gasteiger partial charge in [0, 0.05) is 22.6 Å². The Hall–Kier alpha value is -3.20. The third-order valence-electron chi connectivity index (χ3n) is 4.41. The Balaban J connectivity index is 1.97. The van der Waals surface area contributed by atoms with Crippen LogP contribution in [0.4, 0.5) is 0 Å². The summed E-state index contributed by atoms with van der Waals surface area (Å²) in [6.07, 6.45) is 1.63. The number of nitrogens with zero attached hydrogens (tertiary/aromatic N) is 4. The van der Waals surface area contributed by atoms with Gasteiger partial charge in [-0.3, -0.25) is 4.79 Å². The molecule has 0 N–H and O–H groups in total. The summed E-state index contributed by atoms with van der Waals surface area (Å²) in [5, 5.41) is 9.61. The van der Waals surface area contributed by atoms with E-state index in [4.69, 9.17) is 4.42 Å². The zero-order valence-corrected chi connectivity index (χ0v) is 15.3. The fraction of sp³-hybridized carbons (Fsp3) is 0.300. The maximum Gasteiger partial charge on any atom is 0.187 e. The minimum Gasteiger partial charge on any atom is -0.467 e. The Kier molecular flexibility index (Phi) is 4.72. The molecule has 0 fully saturated rings. The molecule has 3 aromatic rings. The molecule has 0 amide bonds. The Labute approximate surface area is 152 Å². The summed E-state index contributed by atoms with van der Waals surface area (Å²) >= 11 is 0. The second-order valence-corrected chi connectivity index (χ2v) is 6.36. The van der Waals surface area contributed by atoms with E-state index < -0.39 is 5.92 Å². The molecule has 0 bridgehead atoms.